The summed E-state index contributed by atoms with van der Waals surface area (Å²) in [5.41, 5.74) is 0.955. The van der Waals surface area contributed by atoms with E-state index in [0.717, 1.165) is 37.1 Å². The molecule has 4 aromatic rings. The molecule has 4 rings (SSSR count). The first kappa shape index (κ1) is 109. The summed E-state index contributed by atoms with van der Waals surface area (Å²) in [5.74, 6) is -4.99. The van der Waals surface area contributed by atoms with Crippen LogP contribution < -0.4 is 54.5 Å². The fraction of sp³-hybridized carbons (Fsp3) is 0.562. The minimum Gasteiger partial charge on any atom is -1.00 e. The number of ether oxygens (including phenoxy) is 3. The highest BCUT2D eigenvalue weighted by molar-refractivity contribution is 9.09. The van der Waals surface area contributed by atoms with Crippen LogP contribution in [0.2, 0.25) is 0 Å². The summed E-state index contributed by atoms with van der Waals surface area (Å²) in [7, 11) is 3.52. The van der Waals surface area contributed by atoms with Gasteiger partial charge in [0.15, 0.2) is 44.0 Å². The number of quaternary nitrogens is 1. The Hall–Kier alpha value is -3.62. The van der Waals surface area contributed by atoms with Gasteiger partial charge in [-0.3, -0.25) is 33.6 Å². The molecule has 24 nitrogen and oxygen atoms in total. The number of carbonyl (C=O) groups is 7. The molecule has 3 aromatic carbocycles. The molecule has 0 aliphatic rings. The molecule has 0 spiro atoms. The van der Waals surface area contributed by atoms with Gasteiger partial charge in [-0.1, -0.05) is 153 Å². The van der Waals surface area contributed by atoms with Crippen molar-refractivity contribution in [3.05, 3.63) is 108 Å². The number of nitrogens with one attached hydrogen (secondary N) is 3. The number of aryl methyl sites for hydroxylation is 2. The molecule has 1 heterocycles. The fourth-order valence-corrected chi connectivity index (χ4v) is 10.8. The van der Waals surface area contributed by atoms with Crippen molar-refractivity contribution in [2.24, 2.45) is 7.05 Å². The Morgan fingerprint density at radius 1 is 0.529 bits per heavy atom. The van der Waals surface area contributed by atoms with E-state index in [1.165, 1.54) is 72.8 Å². The lowest BCUT2D eigenvalue weighted by atomic mass is 10.0. The number of carboxylic acid groups (broad SMARTS) is 1. The molecule has 0 aliphatic carbocycles. The molecule has 0 radical (unpaired) electrons. The summed E-state index contributed by atoms with van der Waals surface area (Å²) in [6.07, 6.45) is 7.95. The normalized spacial score (nSPS) is 12.8. The Kier molecular flexibility index (Phi) is 58.4. The van der Waals surface area contributed by atoms with Gasteiger partial charge >= 0.3 is 23.9 Å². The Morgan fingerprint density at radius 3 is 1.01 bits per heavy atom. The van der Waals surface area contributed by atoms with Crippen molar-refractivity contribution >= 4 is 173 Å². The Bertz CT molecular complexity index is 3530. The van der Waals surface area contributed by atoms with Crippen LogP contribution in [0, 0.1) is 0 Å². The molecular formula is C64H96Br4Cl6F3N7O17S3. The topological polar surface area (TPSA) is 318 Å². The zero-order chi connectivity index (χ0) is 76.9. The van der Waals surface area contributed by atoms with Crippen molar-refractivity contribution in [2.45, 2.75) is 138 Å². The Labute approximate surface area is 678 Å². The van der Waals surface area contributed by atoms with Crippen LogP contribution in [0.4, 0.5) is 13.2 Å². The number of halogens is 13. The third kappa shape index (κ3) is 47.3. The van der Waals surface area contributed by atoms with E-state index in [-0.39, 0.29) is 89.2 Å². The number of aromatic nitrogens is 2. The lowest BCUT2D eigenvalue weighted by molar-refractivity contribution is -0.870. The average Bonchev–Trinajstić information content (AvgIpc) is 0.923. The van der Waals surface area contributed by atoms with Crippen molar-refractivity contribution in [3.8, 4) is 0 Å². The predicted molar refractivity (Wildman–Crippen MR) is 399 cm³/mol. The molecule has 598 valence electrons. The number of imidazole rings is 1. The SMILES string of the molecule is C.C.CN(C)C.CS(=O)(=O)c1ccc([C@@H](OC(=O)CCCBr)[C@@H](CF)NC(=O)C(Cl)Cl)cc1.C[N+](C)(C)CCCC(=O)O[C@H](c1ccc(S(C)(=O)=O)cc1)[C@@H](CF)NC(=O)C(Cl)Cl.C[n+]1ccn(CCCC(=O)O[C@H](c2ccc(S(C)(=O)=O)cc2)[C@@H](CF)NC(=O)C(Cl)Cl)c1.O=C(O)CCCBr.[Br-].[Br-]. The number of hydrogen-bond acceptors (Lipinski definition) is 17. The molecule has 0 aliphatic heterocycles. The lowest BCUT2D eigenvalue weighted by Gasteiger charge is -2.27. The predicted octanol–water partition coefficient (Wildman–Crippen LogP) is 4.27. The molecule has 0 saturated heterocycles. The molecule has 104 heavy (non-hydrogen) atoms. The van der Waals surface area contributed by atoms with Gasteiger partial charge in [-0.25, -0.2) is 47.6 Å². The highest BCUT2D eigenvalue weighted by Crippen LogP contribution is 2.29. The maximum absolute atomic E-state index is 13.8. The van der Waals surface area contributed by atoms with Gasteiger partial charge in [0.2, 0.25) is 6.33 Å². The first-order valence-electron chi connectivity index (χ1n) is 30.0. The third-order valence-electron chi connectivity index (χ3n) is 12.7. The Balaban J connectivity index is -0.000000431. The third-order valence-corrected chi connectivity index (χ3v) is 18.4. The first-order valence-corrected chi connectivity index (χ1v) is 40.6. The van der Waals surface area contributed by atoms with Gasteiger partial charge in [-0.15, -0.1) is 0 Å². The number of nitrogens with zero attached hydrogens (tertiary/aromatic N) is 4. The summed E-state index contributed by atoms with van der Waals surface area (Å²) < 4.78 is 132. The molecule has 0 bridgehead atoms. The van der Waals surface area contributed by atoms with E-state index < -0.39 is 142 Å². The van der Waals surface area contributed by atoms with E-state index in [0.29, 0.717) is 52.3 Å². The summed E-state index contributed by atoms with van der Waals surface area (Å²) in [4.78, 5) is 79.9. The number of amides is 3. The fourth-order valence-electron chi connectivity index (χ4n) is 7.95. The van der Waals surface area contributed by atoms with Crippen molar-refractivity contribution in [3.63, 3.8) is 0 Å². The van der Waals surface area contributed by atoms with Crippen molar-refractivity contribution < 1.29 is 134 Å². The highest BCUT2D eigenvalue weighted by atomic mass is 79.9. The largest absolute Gasteiger partial charge is 1.00 e. The number of alkyl halides is 11. The molecule has 0 fully saturated rings. The Morgan fingerprint density at radius 2 is 0.798 bits per heavy atom. The summed E-state index contributed by atoms with van der Waals surface area (Å²) in [5, 5.41) is 16.3. The van der Waals surface area contributed by atoms with Gasteiger partial charge in [-0.2, -0.15) is 0 Å². The molecular weight excluding hydrogens is 1820 g/mol. The standard InChI is InChI=1S/C20H24Cl2FN3O5S.C19H27Cl2FN2O5S.C16H19BrCl2FNO5S.C4H7BrO2.C3H9N.2CH4.2BrH/c1-25-10-11-26(13-25)9-3-4-17(27)31-18(16(12-23)24-20(28)19(21)22)14-5-7-15(8-6-14)32(2,29)30;1-24(2,3)11-5-6-16(25)29-17(15(12-22)23-19(26)18(20)21)13-7-9-14(10-8-13)30(4,27)28;1-27(24,25)11-6-4-10(5-7-11)14(26-13(22)3-2-8-17)12(9-20)21-16(23)15(18)19;5-3-1-2-4(6)7;1-4(2)3;;;;/h5-8,10-11,13,16,18-19H,3-4,9,12H2,1-2H3;7-10,15,17-18H,5-6,11-12H2,1-4H3;4-7,12,14-15H,2-3,8-9H2,1H3,(H,21,23);1-3H2,(H,6,7);1-3H3;2*1H4;2*1H/t16-,18-;15-,17-;12-,14-;;;;;;/m111....../s1. The van der Waals surface area contributed by atoms with Gasteiger partial charge in [-0.05, 0) is 93.5 Å². The van der Waals surface area contributed by atoms with Crippen LogP contribution in [0.1, 0.15) is 101 Å². The second-order valence-electron chi connectivity index (χ2n) is 23.3. The summed E-state index contributed by atoms with van der Waals surface area (Å²) in [6, 6.07) is 12.6. The van der Waals surface area contributed by atoms with Crippen LogP contribution in [0.3, 0.4) is 0 Å². The number of hydrogen-bond donors (Lipinski definition) is 4. The quantitative estimate of drug-likeness (QED) is 0.0164. The smallest absolute Gasteiger partial charge is 0.306 e. The van der Waals surface area contributed by atoms with Gasteiger partial charge < -0.3 is 78.6 Å². The maximum atomic E-state index is 13.8. The summed E-state index contributed by atoms with van der Waals surface area (Å²) >= 11 is 39.4. The minimum absolute atomic E-state index is 0. The maximum Gasteiger partial charge on any atom is 0.306 e. The van der Waals surface area contributed by atoms with Crippen LogP contribution in [-0.2, 0) is 90.9 Å². The average molecular weight is 1920 g/mol. The van der Waals surface area contributed by atoms with E-state index in [4.69, 9.17) is 88.9 Å². The minimum atomic E-state index is -3.45. The van der Waals surface area contributed by atoms with Crippen LogP contribution >= 0.6 is 101 Å². The molecule has 0 unspecified atom stereocenters. The second kappa shape index (κ2) is 55.7. The molecule has 1 aromatic heterocycles. The van der Waals surface area contributed by atoms with Crippen molar-refractivity contribution in [1.82, 2.24) is 25.4 Å². The lowest BCUT2D eigenvalue weighted by Crippen LogP contribution is -3.00. The van der Waals surface area contributed by atoms with Gasteiger partial charge in [0.1, 0.15) is 50.7 Å². The van der Waals surface area contributed by atoms with E-state index in [1.807, 2.05) is 82.1 Å². The van der Waals surface area contributed by atoms with Crippen LogP contribution in [-0.4, -0.2) is 217 Å². The van der Waals surface area contributed by atoms with E-state index in [9.17, 15) is 72.0 Å². The van der Waals surface area contributed by atoms with Crippen molar-refractivity contribution in [2.75, 3.05) is 98.3 Å². The zero-order valence-corrected chi connectivity index (χ0v) is 70.7. The zero-order valence-electron chi connectivity index (χ0n) is 57.4. The molecule has 6 atom stereocenters. The number of carboxylic acids is 1. The van der Waals surface area contributed by atoms with Crippen LogP contribution in [0.15, 0.2) is 106 Å². The number of rotatable bonds is 35. The highest BCUT2D eigenvalue weighted by Gasteiger charge is 2.34. The van der Waals surface area contributed by atoms with Crippen molar-refractivity contribution in [1.29, 1.82) is 0 Å². The van der Waals surface area contributed by atoms with E-state index >= 15 is 0 Å². The van der Waals surface area contributed by atoms with Gasteiger partial charge in [0.05, 0.1) is 80.5 Å². The van der Waals surface area contributed by atoms with E-state index in [1.54, 1.807) is 0 Å². The number of benzene rings is 3. The number of aliphatic carboxylic acids is 1. The van der Waals surface area contributed by atoms with Gasteiger partial charge in [0.25, 0.3) is 17.7 Å². The molecule has 4 N–H and O–H groups in total. The van der Waals surface area contributed by atoms with Crippen LogP contribution in [0.25, 0.3) is 0 Å². The number of sulfone groups is 3. The van der Waals surface area contributed by atoms with Crippen LogP contribution in [0.5, 0.6) is 0 Å². The molecule has 3 amide bonds. The first-order chi connectivity index (χ1) is 46.3. The summed E-state index contributed by atoms with van der Waals surface area (Å²) in [6.45, 7) is -1.88. The second-order valence-corrected chi connectivity index (χ2v) is 34.2. The molecule has 0 saturated carbocycles. The number of esters is 3. The van der Waals surface area contributed by atoms with Gasteiger partial charge in [0, 0.05) is 55.1 Å². The monoisotopic (exact) mass is 1910 g/mol. The molecule has 40 heteroatoms. The number of carbonyl (C=O) groups excluding carboxylic acids is 6. The van der Waals surface area contributed by atoms with E-state index in [2.05, 4.69) is 47.8 Å².